The molecule has 4 nitrogen and oxygen atoms in total. The van der Waals surface area contributed by atoms with Crippen LogP contribution >= 0.6 is 15.9 Å². The van der Waals surface area contributed by atoms with E-state index in [0.29, 0.717) is 16.8 Å². The monoisotopic (exact) mass is 331 g/mol. The van der Waals surface area contributed by atoms with Crippen LogP contribution in [0.15, 0.2) is 16.6 Å². The first-order chi connectivity index (χ1) is 8.95. The van der Waals surface area contributed by atoms with Crippen LogP contribution in [-0.4, -0.2) is 29.5 Å². The van der Waals surface area contributed by atoms with Gasteiger partial charge in [0.05, 0.1) is 18.2 Å². The quantitative estimate of drug-likeness (QED) is 0.719. The largest absolute Gasteiger partial charge is 0.503 e. The molecule has 1 atom stereocenters. The summed E-state index contributed by atoms with van der Waals surface area (Å²) in [7, 11) is 1.52. The van der Waals surface area contributed by atoms with Gasteiger partial charge in [0.15, 0.2) is 11.5 Å². The average molecular weight is 332 g/mol. The van der Waals surface area contributed by atoms with Gasteiger partial charge in [-0.1, -0.05) is 13.3 Å². The molecule has 0 saturated heterocycles. The Kier molecular flexibility index (Phi) is 6.10. The summed E-state index contributed by atoms with van der Waals surface area (Å²) in [6.07, 6.45) is 1.91. The number of ether oxygens (including phenoxy) is 1. The molecule has 0 heterocycles. The summed E-state index contributed by atoms with van der Waals surface area (Å²) < 4.78 is 5.72. The van der Waals surface area contributed by atoms with Gasteiger partial charge in [-0.2, -0.15) is 0 Å². The molecule has 0 aliphatic heterocycles. The molecule has 0 saturated carbocycles. The van der Waals surface area contributed by atoms with Crippen molar-refractivity contribution in [2.45, 2.75) is 38.8 Å². The van der Waals surface area contributed by atoms with Crippen molar-refractivity contribution in [3.8, 4) is 11.5 Å². The lowest BCUT2D eigenvalue weighted by atomic mass is 9.97. The van der Waals surface area contributed by atoms with Crippen molar-refractivity contribution in [3.05, 3.63) is 22.2 Å². The number of aromatic hydroxyl groups is 1. The molecule has 0 aromatic heterocycles. The standard InChI is InChI=1S/C14H22BrNO3/c1-4-5-14(2,9-17)16-8-10-6-11(15)13(18)12(7-10)19-3/h6-7,16-18H,4-5,8-9H2,1-3H3. The first-order valence-electron chi connectivity index (χ1n) is 6.37. The van der Waals surface area contributed by atoms with Crippen molar-refractivity contribution in [3.63, 3.8) is 0 Å². The second-order valence-corrected chi connectivity index (χ2v) is 5.81. The van der Waals surface area contributed by atoms with Crippen LogP contribution in [0.4, 0.5) is 0 Å². The lowest BCUT2D eigenvalue weighted by molar-refractivity contribution is 0.163. The summed E-state index contributed by atoms with van der Waals surface area (Å²) in [6, 6.07) is 3.63. The fraction of sp³-hybridized carbons (Fsp3) is 0.571. The molecule has 3 N–H and O–H groups in total. The Hall–Kier alpha value is -0.780. The Bertz CT molecular complexity index is 425. The first-order valence-corrected chi connectivity index (χ1v) is 7.16. The number of hydrogen-bond acceptors (Lipinski definition) is 4. The van der Waals surface area contributed by atoms with Gasteiger partial charge < -0.3 is 20.3 Å². The maximum atomic E-state index is 9.75. The van der Waals surface area contributed by atoms with Crippen molar-refractivity contribution in [1.82, 2.24) is 5.32 Å². The van der Waals surface area contributed by atoms with Crippen LogP contribution in [-0.2, 0) is 6.54 Å². The molecule has 5 heteroatoms. The molecule has 1 aromatic carbocycles. The fourth-order valence-electron chi connectivity index (χ4n) is 1.98. The highest BCUT2D eigenvalue weighted by atomic mass is 79.9. The normalized spacial score (nSPS) is 14.2. The van der Waals surface area contributed by atoms with Crippen LogP contribution in [0.2, 0.25) is 0 Å². The Labute approximate surface area is 122 Å². The maximum Gasteiger partial charge on any atom is 0.172 e. The second-order valence-electron chi connectivity index (χ2n) is 4.95. The lowest BCUT2D eigenvalue weighted by Crippen LogP contribution is -2.45. The van der Waals surface area contributed by atoms with Crippen molar-refractivity contribution < 1.29 is 14.9 Å². The number of nitrogens with one attached hydrogen (secondary N) is 1. The lowest BCUT2D eigenvalue weighted by Gasteiger charge is -2.28. The van der Waals surface area contributed by atoms with E-state index < -0.39 is 0 Å². The van der Waals surface area contributed by atoms with E-state index in [1.54, 1.807) is 6.07 Å². The zero-order valence-corrected chi connectivity index (χ0v) is 13.2. The van der Waals surface area contributed by atoms with Gasteiger partial charge in [-0.3, -0.25) is 0 Å². The number of phenolic OH excluding ortho intramolecular Hbond substituents is 1. The number of aliphatic hydroxyl groups excluding tert-OH is 1. The van der Waals surface area contributed by atoms with Crippen molar-refractivity contribution in [2.24, 2.45) is 0 Å². The van der Waals surface area contributed by atoms with E-state index in [1.807, 2.05) is 13.0 Å². The molecule has 0 aliphatic rings. The van der Waals surface area contributed by atoms with Crippen LogP contribution < -0.4 is 10.1 Å². The predicted molar refractivity (Wildman–Crippen MR) is 79.6 cm³/mol. The van der Waals surface area contributed by atoms with E-state index in [-0.39, 0.29) is 17.9 Å². The van der Waals surface area contributed by atoms with E-state index in [4.69, 9.17) is 4.74 Å². The van der Waals surface area contributed by atoms with E-state index in [1.165, 1.54) is 7.11 Å². The summed E-state index contributed by atoms with van der Waals surface area (Å²) in [5.74, 6) is 0.539. The number of benzene rings is 1. The second kappa shape index (κ2) is 7.12. The Balaban J connectivity index is 2.80. The molecular weight excluding hydrogens is 310 g/mol. The van der Waals surface area contributed by atoms with Gasteiger partial charge in [0.2, 0.25) is 0 Å². The number of aliphatic hydroxyl groups is 1. The van der Waals surface area contributed by atoms with Gasteiger partial charge in [-0.15, -0.1) is 0 Å². The van der Waals surface area contributed by atoms with Crippen LogP contribution in [0.5, 0.6) is 11.5 Å². The van der Waals surface area contributed by atoms with E-state index >= 15 is 0 Å². The molecule has 108 valence electrons. The third-order valence-corrected chi connectivity index (χ3v) is 3.78. The summed E-state index contributed by atoms with van der Waals surface area (Å²) in [6.45, 7) is 4.79. The van der Waals surface area contributed by atoms with Gasteiger partial charge in [-0.05, 0) is 47.0 Å². The maximum absolute atomic E-state index is 9.75. The van der Waals surface area contributed by atoms with Crippen LogP contribution in [0, 0.1) is 0 Å². The first kappa shape index (κ1) is 16.3. The highest BCUT2D eigenvalue weighted by Crippen LogP contribution is 2.35. The Morgan fingerprint density at radius 1 is 1.42 bits per heavy atom. The van der Waals surface area contributed by atoms with Crippen LogP contribution in [0.3, 0.4) is 0 Å². The Morgan fingerprint density at radius 3 is 2.63 bits per heavy atom. The van der Waals surface area contributed by atoms with Crippen molar-refractivity contribution in [2.75, 3.05) is 13.7 Å². The average Bonchev–Trinajstić information content (AvgIpc) is 2.40. The number of phenols is 1. The van der Waals surface area contributed by atoms with Gasteiger partial charge in [-0.25, -0.2) is 0 Å². The minimum atomic E-state index is -0.285. The zero-order chi connectivity index (χ0) is 14.5. The number of rotatable bonds is 7. The molecule has 19 heavy (non-hydrogen) atoms. The minimum Gasteiger partial charge on any atom is -0.503 e. The fourth-order valence-corrected chi connectivity index (χ4v) is 2.46. The van der Waals surface area contributed by atoms with Crippen LogP contribution in [0.1, 0.15) is 32.3 Å². The highest BCUT2D eigenvalue weighted by molar-refractivity contribution is 9.10. The summed E-state index contributed by atoms with van der Waals surface area (Å²) in [5, 5.41) is 22.6. The smallest absolute Gasteiger partial charge is 0.172 e. The van der Waals surface area contributed by atoms with Gasteiger partial charge >= 0.3 is 0 Å². The van der Waals surface area contributed by atoms with Gasteiger partial charge in [0.25, 0.3) is 0 Å². The SMILES string of the molecule is CCCC(C)(CO)NCc1cc(Br)c(O)c(OC)c1. The van der Waals surface area contributed by atoms with E-state index in [2.05, 4.69) is 28.2 Å². The highest BCUT2D eigenvalue weighted by Gasteiger charge is 2.21. The van der Waals surface area contributed by atoms with Gasteiger partial charge in [0.1, 0.15) is 0 Å². The number of halogens is 1. The molecule has 0 spiro atoms. The van der Waals surface area contributed by atoms with Crippen molar-refractivity contribution >= 4 is 15.9 Å². The molecule has 0 aliphatic carbocycles. The van der Waals surface area contributed by atoms with E-state index in [0.717, 1.165) is 18.4 Å². The molecule has 1 aromatic rings. The molecule has 1 rings (SSSR count). The summed E-state index contributed by atoms with van der Waals surface area (Å²) >= 11 is 3.30. The topological polar surface area (TPSA) is 61.7 Å². The third kappa shape index (κ3) is 4.37. The molecule has 1 unspecified atom stereocenters. The Morgan fingerprint density at radius 2 is 2.11 bits per heavy atom. The van der Waals surface area contributed by atoms with Crippen LogP contribution in [0.25, 0.3) is 0 Å². The predicted octanol–water partition coefficient (Wildman–Crippen LogP) is 2.80. The van der Waals surface area contributed by atoms with E-state index in [9.17, 15) is 10.2 Å². The molecule has 0 fully saturated rings. The van der Waals surface area contributed by atoms with Gasteiger partial charge in [0, 0.05) is 12.1 Å². The van der Waals surface area contributed by atoms with Crippen molar-refractivity contribution in [1.29, 1.82) is 0 Å². The third-order valence-electron chi connectivity index (χ3n) is 3.18. The molecular formula is C14H22BrNO3. The minimum absolute atomic E-state index is 0.0945. The number of hydrogen-bond donors (Lipinski definition) is 3. The summed E-state index contributed by atoms with van der Waals surface area (Å²) in [4.78, 5) is 0. The zero-order valence-electron chi connectivity index (χ0n) is 11.7. The molecule has 0 bridgehead atoms. The summed E-state index contributed by atoms with van der Waals surface area (Å²) in [5.41, 5.74) is 0.698. The molecule has 0 amide bonds. The number of methoxy groups -OCH3 is 1. The molecule has 0 radical (unpaired) electrons.